The van der Waals surface area contributed by atoms with Crippen molar-refractivity contribution in [3.8, 4) is 17.2 Å². The van der Waals surface area contributed by atoms with E-state index >= 15 is 0 Å². The van der Waals surface area contributed by atoms with E-state index in [1.807, 2.05) is 79.2 Å². The van der Waals surface area contributed by atoms with Crippen LogP contribution in [0, 0.1) is 0 Å². The van der Waals surface area contributed by atoms with Crippen LogP contribution in [-0.4, -0.2) is 28.5 Å². The lowest BCUT2D eigenvalue weighted by molar-refractivity contribution is -0.111. The number of anilines is 1. The lowest BCUT2D eigenvalue weighted by Crippen LogP contribution is -2.10. The van der Waals surface area contributed by atoms with Gasteiger partial charge in [0, 0.05) is 24.5 Å². The summed E-state index contributed by atoms with van der Waals surface area (Å²) in [6.45, 7) is 5.22. The minimum absolute atomic E-state index is 0.262. The van der Waals surface area contributed by atoms with Gasteiger partial charge in [-0.3, -0.25) is 4.79 Å². The quantitative estimate of drug-likeness (QED) is 0.325. The van der Waals surface area contributed by atoms with Crippen LogP contribution in [0.1, 0.15) is 25.1 Å². The first-order valence-corrected chi connectivity index (χ1v) is 11.2. The molecule has 0 unspecified atom stereocenters. The highest BCUT2D eigenvalue weighted by Crippen LogP contribution is 2.29. The molecule has 7 heteroatoms. The maximum Gasteiger partial charge on any atom is 0.248 e. The molecule has 1 amide bonds. The van der Waals surface area contributed by atoms with Crippen LogP contribution >= 0.6 is 0 Å². The average Bonchev–Trinajstić information content (AvgIpc) is 3.27. The van der Waals surface area contributed by atoms with Gasteiger partial charge in [0.1, 0.15) is 29.5 Å². The molecule has 34 heavy (non-hydrogen) atoms. The molecule has 0 fully saturated rings. The molecule has 2 heterocycles. The largest absolute Gasteiger partial charge is 0.494 e. The molecule has 0 atom stereocenters. The Balaban J connectivity index is 1.34. The lowest BCUT2D eigenvalue weighted by atomic mass is 10.2. The molecule has 4 aromatic rings. The highest BCUT2D eigenvalue weighted by molar-refractivity contribution is 6.02. The van der Waals surface area contributed by atoms with E-state index in [9.17, 15) is 4.79 Å². The van der Waals surface area contributed by atoms with E-state index in [0.717, 1.165) is 22.7 Å². The Kier molecular flexibility index (Phi) is 7.45. The van der Waals surface area contributed by atoms with E-state index in [1.54, 1.807) is 18.2 Å². The summed E-state index contributed by atoms with van der Waals surface area (Å²) in [5, 5.41) is 2.86. The zero-order valence-corrected chi connectivity index (χ0v) is 19.2. The highest BCUT2D eigenvalue weighted by Gasteiger charge is 2.08. The number of nitrogens with zero attached hydrogens (tertiary/aromatic N) is 2. The van der Waals surface area contributed by atoms with Crippen molar-refractivity contribution in [1.29, 1.82) is 0 Å². The Labute approximate surface area is 198 Å². The summed E-state index contributed by atoms with van der Waals surface area (Å²) in [6, 6.07) is 18.8. The number of imidazole rings is 1. The van der Waals surface area contributed by atoms with E-state index in [0.29, 0.717) is 37.0 Å². The summed E-state index contributed by atoms with van der Waals surface area (Å²) < 4.78 is 18.9. The molecule has 0 radical (unpaired) electrons. The second-order valence-corrected chi connectivity index (χ2v) is 7.40. The number of fused-ring (bicyclic) bond motifs is 1. The smallest absolute Gasteiger partial charge is 0.248 e. The Morgan fingerprint density at radius 2 is 1.76 bits per heavy atom. The fourth-order valence-electron chi connectivity index (χ4n) is 3.38. The number of carbonyl (C=O) groups excluding carboxylic acids is 1. The first-order chi connectivity index (χ1) is 16.6. The number of benzene rings is 2. The lowest BCUT2D eigenvalue weighted by Gasteiger charge is -2.12. The van der Waals surface area contributed by atoms with E-state index in [1.165, 1.54) is 6.08 Å². The average molecular weight is 458 g/mol. The zero-order chi connectivity index (χ0) is 23.8. The molecule has 0 aliphatic rings. The minimum Gasteiger partial charge on any atom is -0.494 e. The molecule has 2 aromatic carbocycles. The second kappa shape index (κ2) is 11.0. The molecule has 0 aliphatic heterocycles. The van der Waals surface area contributed by atoms with Gasteiger partial charge in [0.15, 0.2) is 0 Å². The van der Waals surface area contributed by atoms with E-state index in [-0.39, 0.29) is 5.91 Å². The fraction of sp³-hybridized carbons (Fsp3) is 0.185. The number of ether oxygens (including phenoxy) is 3. The van der Waals surface area contributed by atoms with Crippen LogP contribution < -0.4 is 19.5 Å². The van der Waals surface area contributed by atoms with Gasteiger partial charge in [0.05, 0.1) is 24.6 Å². The van der Waals surface area contributed by atoms with Crippen molar-refractivity contribution in [1.82, 2.24) is 9.38 Å². The zero-order valence-electron chi connectivity index (χ0n) is 19.2. The molecular formula is C27H27N3O4. The van der Waals surface area contributed by atoms with Gasteiger partial charge in [-0.15, -0.1) is 0 Å². The molecule has 1 N–H and O–H groups in total. The van der Waals surface area contributed by atoms with Crippen molar-refractivity contribution in [3.63, 3.8) is 0 Å². The van der Waals surface area contributed by atoms with Gasteiger partial charge in [0.25, 0.3) is 0 Å². The normalized spacial score (nSPS) is 11.0. The molecule has 7 nitrogen and oxygen atoms in total. The second-order valence-electron chi connectivity index (χ2n) is 7.40. The van der Waals surface area contributed by atoms with E-state index in [2.05, 4.69) is 10.3 Å². The van der Waals surface area contributed by atoms with Gasteiger partial charge in [-0.1, -0.05) is 18.2 Å². The van der Waals surface area contributed by atoms with Crippen molar-refractivity contribution < 1.29 is 19.0 Å². The van der Waals surface area contributed by atoms with Crippen LogP contribution in [0.3, 0.4) is 0 Å². The molecule has 0 saturated carbocycles. The third kappa shape index (κ3) is 5.95. The predicted molar refractivity (Wildman–Crippen MR) is 132 cm³/mol. The van der Waals surface area contributed by atoms with E-state index < -0.39 is 0 Å². The maximum atomic E-state index is 12.5. The van der Waals surface area contributed by atoms with Crippen molar-refractivity contribution in [2.45, 2.75) is 20.5 Å². The molecule has 0 bridgehead atoms. The van der Waals surface area contributed by atoms with Crippen LogP contribution in [-0.2, 0) is 11.4 Å². The summed E-state index contributed by atoms with van der Waals surface area (Å²) in [5.41, 5.74) is 3.19. The summed E-state index contributed by atoms with van der Waals surface area (Å²) >= 11 is 0. The standard InChI is InChI=1S/C27H27N3O4/c1-3-32-23-13-14-25(33-4-2)24(17-23)29-27(31)15-10-20-8-11-22(12-9-20)34-19-21-18-30-16-6-5-7-26(30)28-21/h5-18H,3-4,19H2,1-2H3,(H,29,31)/b15-10+. The molecule has 0 aliphatic carbocycles. The van der Waals surface area contributed by atoms with Crippen LogP contribution in [0.15, 0.2) is 79.1 Å². The molecule has 4 rings (SSSR count). The third-order valence-corrected chi connectivity index (χ3v) is 4.93. The highest BCUT2D eigenvalue weighted by atomic mass is 16.5. The first-order valence-electron chi connectivity index (χ1n) is 11.2. The molecule has 0 saturated heterocycles. The molecular weight excluding hydrogens is 430 g/mol. The Hall–Kier alpha value is -4.26. The van der Waals surface area contributed by atoms with Crippen molar-refractivity contribution in [3.05, 3.63) is 90.4 Å². The number of rotatable bonds is 10. The Bertz CT molecular complexity index is 1250. The van der Waals surface area contributed by atoms with Crippen LogP contribution in [0.2, 0.25) is 0 Å². The van der Waals surface area contributed by atoms with Crippen LogP contribution in [0.25, 0.3) is 11.7 Å². The van der Waals surface area contributed by atoms with Gasteiger partial charge in [-0.2, -0.15) is 0 Å². The third-order valence-electron chi connectivity index (χ3n) is 4.93. The van der Waals surface area contributed by atoms with E-state index in [4.69, 9.17) is 14.2 Å². The molecule has 0 spiro atoms. The Morgan fingerprint density at radius 3 is 2.53 bits per heavy atom. The van der Waals surface area contributed by atoms with Crippen molar-refractivity contribution >= 4 is 23.3 Å². The molecule has 174 valence electrons. The number of amides is 1. The van der Waals surface area contributed by atoms with Crippen LogP contribution in [0.4, 0.5) is 5.69 Å². The first kappa shape index (κ1) is 22.9. The van der Waals surface area contributed by atoms with Gasteiger partial charge in [-0.05, 0) is 61.9 Å². The summed E-state index contributed by atoms with van der Waals surface area (Å²) in [6.07, 6.45) is 7.13. The molecule has 2 aromatic heterocycles. The summed E-state index contributed by atoms with van der Waals surface area (Å²) in [7, 11) is 0. The number of carbonyl (C=O) groups is 1. The maximum absolute atomic E-state index is 12.5. The van der Waals surface area contributed by atoms with Gasteiger partial charge in [0.2, 0.25) is 5.91 Å². The number of hydrogen-bond acceptors (Lipinski definition) is 5. The predicted octanol–water partition coefficient (Wildman–Crippen LogP) is 5.36. The number of nitrogens with one attached hydrogen (secondary N) is 1. The van der Waals surface area contributed by atoms with Crippen LogP contribution in [0.5, 0.6) is 17.2 Å². The SMILES string of the molecule is CCOc1ccc(OCC)c(NC(=O)/C=C/c2ccc(OCc3cn4ccccc4n3)cc2)c1. The summed E-state index contributed by atoms with van der Waals surface area (Å²) in [5.74, 6) is 1.74. The minimum atomic E-state index is -0.262. The topological polar surface area (TPSA) is 74.1 Å². The Morgan fingerprint density at radius 1 is 0.971 bits per heavy atom. The van der Waals surface area contributed by atoms with Gasteiger partial charge in [-0.25, -0.2) is 4.98 Å². The number of hydrogen-bond donors (Lipinski definition) is 1. The van der Waals surface area contributed by atoms with Gasteiger partial charge >= 0.3 is 0 Å². The van der Waals surface area contributed by atoms with Gasteiger partial charge < -0.3 is 23.9 Å². The number of pyridine rings is 1. The number of aromatic nitrogens is 2. The van der Waals surface area contributed by atoms with Crippen molar-refractivity contribution in [2.24, 2.45) is 0 Å². The summed E-state index contributed by atoms with van der Waals surface area (Å²) in [4.78, 5) is 17.0. The fourth-order valence-corrected chi connectivity index (χ4v) is 3.38. The monoisotopic (exact) mass is 457 g/mol. The van der Waals surface area contributed by atoms with Crippen molar-refractivity contribution in [2.75, 3.05) is 18.5 Å².